The third-order valence-corrected chi connectivity index (χ3v) is 3.29. The summed E-state index contributed by atoms with van der Waals surface area (Å²) < 4.78 is 5.08. The Kier molecular flexibility index (Phi) is 5.41. The van der Waals surface area contributed by atoms with Crippen LogP contribution in [0.1, 0.15) is 32.6 Å². The van der Waals surface area contributed by atoms with E-state index < -0.39 is 11.9 Å². The number of carboxylic acid groups (broad SMARTS) is 1. The Bertz CT molecular complexity index is 280. The van der Waals surface area contributed by atoms with Crippen LogP contribution in [0.4, 0.5) is 0 Å². The first kappa shape index (κ1) is 14.0. The van der Waals surface area contributed by atoms with Crippen molar-refractivity contribution in [1.29, 1.82) is 0 Å². The van der Waals surface area contributed by atoms with Crippen molar-refractivity contribution in [3.63, 3.8) is 0 Å². The van der Waals surface area contributed by atoms with Crippen LogP contribution < -0.4 is 0 Å². The van der Waals surface area contributed by atoms with Crippen LogP contribution in [0.2, 0.25) is 0 Å². The maximum atomic E-state index is 11.9. The Morgan fingerprint density at radius 2 is 2.24 bits per heavy atom. The highest BCUT2D eigenvalue weighted by Gasteiger charge is 2.27. The summed E-state index contributed by atoms with van der Waals surface area (Å²) in [5.74, 6) is -1.15. The van der Waals surface area contributed by atoms with Gasteiger partial charge in [-0.25, -0.2) is 0 Å². The molecule has 0 aromatic carbocycles. The maximum absolute atomic E-state index is 11.9. The Labute approximate surface area is 102 Å². The molecular formula is C12H21NO4. The number of aliphatic carboxylic acids is 1. The molecule has 1 aliphatic rings. The van der Waals surface area contributed by atoms with Gasteiger partial charge in [-0.2, -0.15) is 0 Å². The maximum Gasteiger partial charge on any atom is 0.308 e. The van der Waals surface area contributed by atoms with E-state index in [1.165, 1.54) is 0 Å². The Morgan fingerprint density at radius 3 is 2.82 bits per heavy atom. The van der Waals surface area contributed by atoms with Gasteiger partial charge in [-0.1, -0.05) is 0 Å². The highest BCUT2D eigenvalue weighted by molar-refractivity contribution is 5.78. The number of carbonyl (C=O) groups is 2. The fourth-order valence-electron chi connectivity index (χ4n) is 2.01. The molecule has 0 aromatic heterocycles. The van der Waals surface area contributed by atoms with Crippen molar-refractivity contribution in [3.05, 3.63) is 0 Å². The van der Waals surface area contributed by atoms with E-state index in [0.29, 0.717) is 32.4 Å². The Hall–Kier alpha value is -1.10. The van der Waals surface area contributed by atoms with Gasteiger partial charge in [-0.15, -0.1) is 0 Å². The molecule has 17 heavy (non-hydrogen) atoms. The summed E-state index contributed by atoms with van der Waals surface area (Å²) in [5.41, 5.74) is 0. The van der Waals surface area contributed by atoms with Crippen molar-refractivity contribution in [2.75, 3.05) is 20.2 Å². The summed E-state index contributed by atoms with van der Waals surface area (Å²) in [6, 6.07) is 0. The molecule has 5 nitrogen and oxygen atoms in total. The van der Waals surface area contributed by atoms with Gasteiger partial charge in [0.2, 0.25) is 5.91 Å². The molecule has 0 aromatic rings. The topological polar surface area (TPSA) is 66.8 Å². The Balaban J connectivity index is 2.38. The highest BCUT2D eigenvalue weighted by Crippen LogP contribution is 2.18. The SMILES string of the molecule is COC(C)CCC(=O)N1CCC[C@@H](C(=O)O)C1. The second-order valence-electron chi connectivity index (χ2n) is 4.60. The van der Waals surface area contributed by atoms with Crippen LogP contribution in [0.25, 0.3) is 0 Å². The summed E-state index contributed by atoms with van der Waals surface area (Å²) in [6.07, 6.45) is 2.64. The van der Waals surface area contributed by atoms with Crippen LogP contribution in [-0.2, 0) is 14.3 Å². The summed E-state index contributed by atoms with van der Waals surface area (Å²) in [4.78, 5) is 24.4. The fraction of sp³-hybridized carbons (Fsp3) is 0.833. The van der Waals surface area contributed by atoms with Crippen molar-refractivity contribution in [3.8, 4) is 0 Å². The molecule has 0 bridgehead atoms. The Morgan fingerprint density at radius 1 is 1.53 bits per heavy atom. The van der Waals surface area contributed by atoms with Gasteiger partial charge in [-0.3, -0.25) is 9.59 Å². The predicted molar refractivity (Wildman–Crippen MR) is 62.6 cm³/mol. The number of carbonyl (C=O) groups excluding carboxylic acids is 1. The summed E-state index contributed by atoms with van der Waals surface area (Å²) in [7, 11) is 1.62. The molecule has 1 heterocycles. The van der Waals surface area contributed by atoms with Gasteiger partial charge in [0.15, 0.2) is 0 Å². The highest BCUT2D eigenvalue weighted by atomic mass is 16.5. The molecule has 1 aliphatic heterocycles. The number of piperidine rings is 1. The van der Waals surface area contributed by atoms with E-state index in [1.807, 2.05) is 6.92 Å². The lowest BCUT2D eigenvalue weighted by Crippen LogP contribution is -2.42. The van der Waals surface area contributed by atoms with E-state index in [-0.39, 0.29) is 12.0 Å². The van der Waals surface area contributed by atoms with Crippen molar-refractivity contribution >= 4 is 11.9 Å². The van der Waals surface area contributed by atoms with Crippen molar-refractivity contribution in [1.82, 2.24) is 4.90 Å². The number of hydrogen-bond donors (Lipinski definition) is 1. The summed E-state index contributed by atoms with van der Waals surface area (Å²) in [6.45, 7) is 2.96. The molecule has 0 spiro atoms. The second kappa shape index (κ2) is 6.59. The largest absolute Gasteiger partial charge is 0.481 e. The zero-order chi connectivity index (χ0) is 12.8. The molecule has 1 amide bonds. The molecule has 0 saturated carbocycles. The molecule has 1 fully saturated rings. The third-order valence-electron chi connectivity index (χ3n) is 3.29. The van der Waals surface area contributed by atoms with E-state index in [1.54, 1.807) is 12.0 Å². The number of methoxy groups -OCH3 is 1. The van der Waals surface area contributed by atoms with Crippen LogP contribution in [0.5, 0.6) is 0 Å². The molecule has 0 aliphatic carbocycles. The van der Waals surface area contributed by atoms with E-state index in [2.05, 4.69) is 0 Å². The average Bonchev–Trinajstić information content (AvgIpc) is 2.35. The van der Waals surface area contributed by atoms with E-state index in [9.17, 15) is 9.59 Å². The molecule has 1 saturated heterocycles. The lowest BCUT2D eigenvalue weighted by molar-refractivity contribution is -0.145. The number of likely N-dealkylation sites (tertiary alicyclic amines) is 1. The van der Waals surface area contributed by atoms with Crippen molar-refractivity contribution in [2.24, 2.45) is 5.92 Å². The summed E-state index contributed by atoms with van der Waals surface area (Å²) in [5, 5.41) is 8.94. The number of amides is 1. The number of ether oxygens (including phenoxy) is 1. The van der Waals surface area contributed by atoms with Gasteiger partial charge in [0.25, 0.3) is 0 Å². The zero-order valence-corrected chi connectivity index (χ0v) is 10.5. The van der Waals surface area contributed by atoms with Crippen LogP contribution in [0, 0.1) is 5.92 Å². The van der Waals surface area contributed by atoms with Gasteiger partial charge in [-0.05, 0) is 26.2 Å². The third kappa shape index (κ3) is 4.34. The minimum absolute atomic E-state index is 0.0415. The number of carboxylic acids is 1. The predicted octanol–water partition coefficient (Wildman–Crippen LogP) is 1.12. The zero-order valence-electron chi connectivity index (χ0n) is 10.5. The molecule has 2 atom stereocenters. The normalized spacial score (nSPS) is 22.2. The van der Waals surface area contributed by atoms with Gasteiger partial charge in [0.05, 0.1) is 12.0 Å². The molecular weight excluding hydrogens is 222 g/mol. The van der Waals surface area contributed by atoms with Gasteiger partial charge >= 0.3 is 5.97 Å². The van der Waals surface area contributed by atoms with E-state index >= 15 is 0 Å². The first-order valence-electron chi connectivity index (χ1n) is 6.08. The van der Waals surface area contributed by atoms with Gasteiger partial charge in [0, 0.05) is 26.6 Å². The number of rotatable bonds is 5. The molecule has 0 radical (unpaired) electrons. The van der Waals surface area contributed by atoms with Crippen LogP contribution in [-0.4, -0.2) is 48.2 Å². The smallest absolute Gasteiger partial charge is 0.308 e. The van der Waals surface area contributed by atoms with Crippen LogP contribution in [0.15, 0.2) is 0 Å². The van der Waals surface area contributed by atoms with Crippen LogP contribution >= 0.6 is 0 Å². The quantitative estimate of drug-likeness (QED) is 0.786. The molecule has 1 rings (SSSR count). The minimum Gasteiger partial charge on any atom is -0.481 e. The lowest BCUT2D eigenvalue weighted by Gasteiger charge is -2.31. The number of hydrogen-bond acceptors (Lipinski definition) is 3. The first-order chi connectivity index (χ1) is 8.04. The summed E-state index contributed by atoms with van der Waals surface area (Å²) >= 11 is 0. The average molecular weight is 243 g/mol. The second-order valence-corrected chi connectivity index (χ2v) is 4.60. The fourth-order valence-corrected chi connectivity index (χ4v) is 2.01. The molecule has 1 N–H and O–H groups in total. The van der Waals surface area contributed by atoms with Crippen molar-refractivity contribution < 1.29 is 19.4 Å². The van der Waals surface area contributed by atoms with Crippen molar-refractivity contribution in [2.45, 2.75) is 38.7 Å². The monoisotopic (exact) mass is 243 g/mol. The minimum atomic E-state index is -0.798. The standard InChI is InChI=1S/C12H21NO4/c1-9(17-2)5-6-11(14)13-7-3-4-10(8-13)12(15)16/h9-10H,3-8H2,1-2H3,(H,15,16)/t9?,10-/m1/s1. The lowest BCUT2D eigenvalue weighted by atomic mass is 9.98. The molecule has 1 unspecified atom stereocenters. The van der Waals surface area contributed by atoms with E-state index in [0.717, 1.165) is 6.42 Å². The molecule has 5 heteroatoms. The van der Waals surface area contributed by atoms with Gasteiger partial charge in [0.1, 0.15) is 0 Å². The number of nitrogens with zero attached hydrogens (tertiary/aromatic N) is 1. The van der Waals surface area contributed by atoms with E-state index in [4.69, 9.17) is 9.84 Å². The first-order valence-corrected chi connectivity index (χ1v) is 6.08. The molecule has 98 valence electrons. The van der Waals surface area contributed by atoms with Crippen LogP contribution in [0.3, 0.4) is 0 Å². The van der Waals surface area contributed by atoms with Gasteiger partial charge < -0.3 is 14.7 Å².